The molecule has 0 aromatic heterocycles. The van der Waals surface area contributed by atoms with E-state index in [1.165, 1.54) is 0 Å². The highest BCUT2D eigenvalue weighted by Crippen LogP contribution is 2.25. The molecule has 1 saturated carbocycles. The maximum absolute atomic E-state index is 11.7. The van der Waals surface area contributed by atoms with Gasteiger partial charge < -0.3 is 10.5 Å². The molecule has 1 aliphatic rings. The Balaban J connectivity index is 0.00000144. The fraction of sp³-hybridized carbons (Fsp3) is 0.462. The maximum Gasteiger partial charge on any atom is 0.310 e. The zero-order valence-electron chi connectivity index (χ0n) is 9.67. The molecule has 0 bridgehead atoms. The van der Waals surface area contributed by atoms with E-state index in [-0.39, 0.29) is 30.3 Å². The Hall–Kier alpha value is -1.06. The van der Waals surface area contributed by atoms with Crippen LogP contribution in [0.4, 0.5) is 0 Å². The molecule has 1 fully saturated rings. The molecular formula is C13H18ClNO2. The number of nitrogens with two attached hydrogens (primary N) is 1. The van der Waals surface area contributed by atoms with E-state index < -0.39 is 0 Å². The van der Waals surface area contributed by atoms with Gasteiger partial charge in [0.15, 0.2) is 0 Å². The molecule has 0 radical (unpaired) electrons. The first-order valence-corrected chi connectivity index (χ1v) is 5.73. The van der Waals surface area contributed by atoms with Gasteiger partial charge in [-0.2, -0.15) is 0 Å². The van der Waals surface area contributed by atoms with Gasteiger partial charge in [0.05, 0.1) is 5.92 Å². The summed E-state index contributed by atoms with van der Waals surface area (Å²) in [6.45, 7) is 0.350. The van der Waals surface area contributed by atoms with Crippen LogP contribution in [0, 0.1) is 5.92 Å². The van der Waals surface area contributed by atoms with Crippen molar-refractivity contribution in [3.8, 4) is 0 Å². The first-order valence-electron chi connectivity index (χ1n) is 5.73. The summed E-state index contributed by atoms with van der Waals surface area (Å²) in [6.07, 6.45) is 2.84. The number of ether oxygens (including phenoxy) is 1. The van der Waals surface area contributed by atoms with Gasteiger partial charge in [0.25, 0.3) is 0 Å². The maximum atomic E-state index is 11.7. The van der Waals surface area contributed by atoms with Crippen LogP contribution in [-0.4, -0.2) is 12.0 Å². The van der Waals surface area contributed by atoms with E-state index >= 15 is 0 Å². The molecule has 0 saturated heterocycles. The molecule has 1 aromatic carbocycles. The third-order valence-corrected chi connectivity index (χ3v) is 3.10. The molecule has 0 aliphatic heterocycles. The third kappa shape index (κ3) is 3.72. The number of hydrogen-bond acceptors (Lipinski definition) is 3. The average Bonchev–Trinajstić information content (AvgIpc) is 2.74. The second-order valence-corrected chi connectivity index (χ2v) is 4.29. The number of rotatable bonds is 3. The highest BCUT2D eigenvalue weighted by atomic mass is 35.5. The number of hydrogen-bond donors (Lipinski definition) is 1. The summed E-state index contributed by atoms with van der Waals surface area (Å²) in [4.78, 5) is 11.7. The SMILES string of the molecule is Cl.N[C@@H]1CCC[C@@H]1C(=O)OCc1ccccc1. The Morgan fingerprint density at radius 2 is 2.00 bits per heavy atom. The molecule has 0 unspecified atom stereocenters. The van der Waals surface area contributed by atoms with Crippen molar-refractivity contribution in [2.24, 2.45) is 11.7 Å². The van der Waals surface area contributed by atoms with Crippen LogP contribution < -0.4 is 5.73 Å². The Bertz CT molecular complexity index is 356. The first-order chi connectivity index (χ1) is 7.77. The predicted octanol–water partition coefficient (Wildman–Crippen LogP) is 2.28. The topological polar surface area (TPSA) is 52.3 Å². The van der Waals surface area contributed by atoms with Crippen LogP contribution in [0.5, 0.6) is 0 Å². The minimum absolute atomic E-state index is 0. The van der Waals surface area contributed by atoms with Crippen molar-refractivity contribution < 1.29 is 9.53 Å². The Morgan fingerprint density at radius 3 is 2.59 bits per heavy atom. The van der Waals surface area contributed by atoms with Crippen LogP contribution in [0.15, 0.2) is 30.3 Å². The van der Waals surface area contributed by atoms with Gasteiger partial charge in [-0.1, -0.05) is 36.8 Å². The minimum atomic E-state index is -0.145. The lowest BCUT2D eigenvalue weighted by Crippen LogP contribution is -2.31. The van der Waals surface area contributed by atoms with Crippen LogP contribution in [0.25, 0.3) is 0 Å². The molecule has 2 rings (SSSR count). The Morgan fingerprint density at radius 1 is 1.29 bits per heavy atom. The quantitative estimate of drug-likeness (QED) is 0.843. The molecule has 0 heterocycles. The van der Waals surface area contributed by atoms with Crippen LogP contribution >= 0.6 is 12.4 Å². The molecule has 1 aliphatic carbocycles. The lowest BCUT2D eigenvalue weighted by atomic mass is 10.1. The fourth-order valence-corrected chi connectivity index (χ4v) is 2.12. The van der Waals surface area contributed by atoms with E-state index in [9.17, 15) is 4.79 Å². The van der Waals surface area contributed by atoms with Crippen LogP contribution in [0.1, 0.15) is 24.8 Å². The van der Waals surface area contributed by atoms with Crippen molar-refractivity contribution in [1.82, 2.24) is 0 Å². The van der Waals surface area contributed by atoms with Gasteiger partial charge in [0.1, 0.15) is 6.61 Å². The highest BCUT2D eigenvalue weighted by Gasteiger charge is 2.31. The van der Waals surface area contributed by atoms with Crippen molar-refractivity contribution in [2.75, 3.05) is 0 Å². The van der Waals surface area contributed by atoms with E-state index in [2.05, 4.69) is 0 Å². The monoisotopic (exact) mass is 255 g/mol. The summed E-state index contributed by atoms with van der Waals surface area (Å²) in [6, 6.07) is 9.69. The average molecular weight is 256 g/mol. The van der Waals surface area contributed by atoms with Gasteiger partial charge in [-0.05, 0) is 18.4 Å². The van der Waals surface area contributed by atoms with E-state index in [1.54, 1.807) is 0 Å². The fourth-order valence-electron chi connectivity index (χ4n) is 2.12. The van der Waals surface area contributed by atoms with E-state index in [4.69, 9.17) is 10.5 Å². The number of carbonyl (C=O) groups is 1. The van der Waals surface area contributed by atoms with Crippen molar-refractivity contribution in [3.63, 3.8) is 0 Å². The van der Waals surface area contributed by atoms with Gasteiger partial charge in [-0.25, -0.2) is 0 Å². The second-order valence-electron chi connectivity index (χ2n) is 4.29. The van der Waals surface area contributed by atoms with Crippen molar-refractivity contribution >= 4 is 18.4 Å². The summed E-state index contributed by atoms with van der Waals surface area (Å²) in [5, 5.41) is 0. The van der Waals surface area contributed by atoms with E-state index in [1.807, 2.05) is 30.3 Å². The molecular weight excluding hydrogens is 238 g/mol. The van der Waals surface area contributed by atoms with Crippen molar-refractivity contribution in [1.29, 1.82) is 0 Å². The number of carbonyl (C=O) groups excluding carboxylic acids is 1. The van der Waals surface area contributed by atoms with Crippen LogP contribution in [-0.2, 0) is 16.1 Å². The highest BCUT2D eigenvalue weighted by molar-refractivity contribution is 5.85. The van der Waals surface area contributed by atoms with Crippen LogP contribution in [0.2, 0.25) is 0 Å². The Labute approximate surface area is 108 Å². The van der Waals surface area contributed by atoms with Crippen LogP contribution in [0.3, 0.4) is 0 Å². The number of halogens is 1. The molecule has 94 valence electrons. The third-order valence-electron chi connectivity index (χ3n) is 3.10. The van der Waals surface area contributed by atoms with Crippen molar-refractivity contribution in [3.05, 3.63) is 35.9 Å². The van der Waals surface area contributed by atoms with Crippen molar-refractivity contribution in [2.45, 2.75) is 31.9 Å². The smallest absolute Gasteiger partial charge is 0.310 e. The predicted molar refractivity (Wildman–Crippen MR) is 68.8 cm³/mol. The molecule has 2 atom stereocenters. The zero-order valence-corrected chi connectivity index (χ0v) is 10.5. The minimum Gasteiger partial charge on any atom is -0.461 e. The molecule has 17 heavy (non-hydrogen) atoms. The Kier molecular flexibility index (Phi) is 5.45. The standard InChI is InChI=1S/C13H17NO2.ClH/c14-12-8-4-7-11(12)13(15)16-9-10-5-2-1-3-6-10;/h1-3,5-6,11-12H,4,7-9,14H2;1H/t11-,12+;/m0./s1. The van der Waals surface area contributed by atoms with Gasteiger partial charge in [-0.3, -0.25) is 4.79 Å². The van der Waals surface area contributed by atoms with E-state index in [0.29, 0.717) is 6.61 Å². The normalized spacial score (nSPS) is 22.9. The summed E-state index contributed by atoms with van der Waals surface area (Å²) < 4.78 is 5.26. The van der Waals surface area contributed by atoms with Gasteiger partial charge >= 0.3 is 5.97 Å². The molecule has 0 spiro atoms. The van der Waals surface area contributed by atoms with Gasteiger partial charge in [0, 0.05) is 6.04 Å². The molecule has 3 nitrogen and oxygen atoms in total. The van der Waals surface area contributed by atoms with E-state index in [0.717, 1.165) is 24.8 Å². The molecule has 4 heteroatoms. The lowest BCUT2D eigenvalue weighted by Gasteiger charge is -2.14. The first kappa shape index (κ1) is 14.0. The summed E-state index contributed by atoms with van der Waals surface area (Å²) in [7, 11) is 0. The summed E-state index contributed by atoms with van der Waals surface area (Å²) in [5.41, 5.74) is 6.86. The zero-order chi connectivity index (χ0) is 11.4. The molecule has 1 aromatic rings. The largest absolute Gasteiger partial charge is 0.461 e. The summed E-state index contributed by atoms with van der Waals surface area (Å²) in [5.74, 6) is -0.238. The molecule has 2 N–H and O–H groups in total. The molecule has 0 amide bonds. The second kappa shape index (κ2) is 6.62. The number of esters is 1. The van der Waals surface area contributed by atoms with Gasteiger partial charge in [0.2, 0.25) is 0 Å². The number of benzene rings is 1. The lowest BCUT2D eigenvalue weighted by molar-refractivity contribution is -0.150. The summed E-state index contributed by atoms with van der Waals surface area (Å²) >= 11 is 0. The van der Waals surface area contributed by atoms with Gasteiger partial charge in [-0.15, -0.1) is 12.4 Å².